The van der Waals surface area contributed by atoms with E-state index in [4.69, 9.17) is 22.8 Å². The highest BCUT2D eigenvalue weighted by atomic mass is 35.5. The average Bonchev–Trinajstić information content (AvgIpc) is 2.73. The van der Waals surface area contributed by atoms with Gasteiger partial charge < -0.3 is 15.4 Å². The number of rotatable bonds is 6. The maximum Gasteiger partial charge on any atom is 0.408 e. The van der Waals surface area contributed by atoms with Gasteiger partial charge in [-0.25, -0.2) is 4.79 Å². The van der Waals surface area contributed by atoms with Gasteiger partial charge in [-0.1, -0.05) is 60.0 Å². The first-order valence-corrected chi connectivity index (χ1v) is 11.1. The molecular formula is C26H30ClN3O4. The molecule has 0 aliphatic heterocycles. The summed E-state index contributed by atoms with van der Waals surface area (Å²) in [6.07, 6.45) is 4.94. The fraction of sp³-hybridized carbons (Fsp3) is 0.346. The van der Waals surface area contributed by atoms with Crippen molar-refractivity contribution in [3.05, 3.63) is 64.2 Å². The maximum atomic E-state index is 13.5. The molecule has 0 saturated heterocycles. The number of hydrogen-bond acceptors (Lipinski definition) is 4. The maximum absolute atomic E-state index is 13.5. The number of halogens is 1. The number of aryl methyl sites for hydroxylation is 2. The number of benzene rings is 2. The number of nitrogens with zero attached hydrogens (tertiary/aromatic N) is 1. The third kappa shape index (κ3) is 7.00. The zero-order valence-electron chi connectivity index (χ0n) is 20.2. The number of terminal acetylenes is 1. The highest BCUT2D eigenvalue weighted by Crippen LogP contribution is 2.29. The molecule has 2 atom stereocenters. The predicted octanol–water partition coefficient (Wildman–Crippen LogP) is 4.97. The smallest absolute Gasteiger partial charge is 0.408 e. The van der Waals surface area contributed by atoms with Crippen molar-refractivity contribution in [2.75, 3.05) is 5.32 Å². The summed E-state index contributed by atoms with van der Waals surface area (Å²) < 4.78 is 5.22. The molecule has 2 aromatic rings. The van der Waals surface area contributed by atoms with Crippen LogP contribution in [-0.2, 0) is 14.3 Å². The minimum Gasteiger partial charge on any atom is -0.444 e. The van der Waals surface area contributed by atoms with E-state index in [2.05, 4.69) is 16.7 Å². The highest BCUT2D eigenvalue weighted by Gasteiger charge is 2.34. The van der Waals surface area contributed by atoms with Gasteiger partial charge in [0.05, 0.1) is 10.7 Å². The number of anilines is 1. The van der Waals surface area contributed by atoms with Gasteiger partial charge in [0.15, 0.2) is 0 Å². The van der Waals surface area contributed by atoms with Crippen LogP contribution in [0.25, 0.3) is 0 Å². The van der Waals surface area contributed by atoms with E-state index in [-0.39, 0.29) is 0 Å². The van der Waals surface area contributed by atoms with Gasteiger partial charge in [-0.15, -0.1) is 0 Å². The normalized spacial score (nSPS) is 12.6. The Morgan fingerprint density at radius 3 is 2.24 bits per heavy atom. The molecule has 2 N–H and O–H groups in total. The zero-order chi connectivity index (χ0) is 25.6. The molecular weight excluding hydrogens is 454 g/mol. The summed E-state index contributed by atoms with van der Waals surface area (Å²) in [4.78, 5) is 39.9. The van der Waals surface area contributed by atoms with Gasteiger partial charge >= 0.3 is 6.09 Å². The lowest BCUT2D eigenvalue weighted by molar-refractivity contribution is -0.136. The minimum absolute atomic E-state index is 0.356. The number of alkyl carbamates (subject to hydrolysis) is 1. The van der Waals surface area contributed by atoms with Crippen LogP contribution in [0, 0.1) is 26.3 Å². The number of carbonyl (C=O) groups excluding carboxylic acids is 3. The van der Waals surface area contributed by atoms with E-state index in [1.54, 1.807) is 58.0 Å². The third-order valence-corrected chi connectivity index (χ3v) is 5.16. The van der Waals surface area contributed by atoms with Crippen LogP contribution in [0.4, 0.5) is 10.5 Å². The molecule has 0 aliphatic rings. The van der Waals surface area contributed by atoms with Gasteiger partial charge in [0.2, 0.25) is 0 Å². The van der Waals surface area contributed by atoms with Crippen LogP contribution in [0.5, 0.6) is 0 Å². The molecule has 0 bridgehead atoms. The van der Waals surface area contributed by atoms with Crippen molar-refractivity contribution < 1.29 is 19.1 Å². The van der Waals surface area contributed by atoms with Gasteiger partial charge in [-0.2, -0.15) is 0 Å². The summed E-state index contributed by atoms with van der Waals surface area (Å²) in [5.41, 5.74) is 1.92. The largest absolute Gasteiger partial charge is 0.444 e. The summed E-state index contributed by atoms with van der Waals surface area (Å²) in [6, 6.07) is 12.4. The fourth-order valence-electron chi connectivity index (χ4n) is 3.17. The molecule has 3 amide bonds. The van der Waals surface area contributed by atoms with Crippen LogP contribution in [0.2, 0.25) is 5.02 Å². The standard InChI is InChI=1S/C26H30ClN3O4/c1-8-30(24(32)18(4)28-25(33)34-26(5,6)7)22(19-14-12-16(2)13-15-19)23(31)29-21-17(3)10-9-11-20(21)27/h1,9-15,18,22H,2-7H3,(H,28,33)(H,29,31). The Labute approximate surface area is 205 Å². The molecule has 2 unspecified atom stereocenters. The average molecular weight is 484 g/mol. The second kappa shape index (κ2) is 11.1. The van der Waals surface area contributed by atoms with E-state index >= 15 is 0 Å². The number of para-hydroxylation sites is 1. The lowest BCUT2D eigenvalue weighted by atomic mass is 10.0. The number of amides is 3. The Morgan fingerprint density at radius 1 is 1.09 bits per heavy atom. The van der Waals surface area contributed by atoms with Crippen molar-refractivity contribution in [3.63, 3.8) is 0 Å². The molecule has 0 aromatic heterocycles. The van der Waals surface area contributed by atoms with Crippen LogP contribution < -0.4 is 10.6 Å². The van der Waals surface area contributed by atoms with Crippen molar-refractivity contribution in [3.8, 4) is 12.5 Å². The van der Waals surface area contributed by atoms with Crippen LogP contribution in [-0.4, -0.2) is 34.5 Å². The van der Waals surface area contributed by atoms with Crippen molar-refractivity contribution in [1.82, 2.24) is 10.2 Å². The van der Waals surface area contributed by atoms with Gasteiger partial charge in [0.1, 0.15) is 17.7 Å². The van der Waals surface area contributed by atoms with Crippen LogP contribution in [0.1, 0.15) is 50.4 Å². The zero-order valence-corrected chi connectivity index (χ0v) is 21.0. The van der Waals surface area contributed by atoms with Gasteiger partial charge in [-0.3, -0.25) is 14.5 Å². The summed E-state index contributed by atoms with van der Waals surface area (Å²) in [5.74, 6) is -1.19. The topological polar surface area (TPSA) is 87.7 Å². The number of carbonyl (C=O) groups is 3. The molecule has 2 rings (SSSR count). The summed E-state index contributed by atoms with van der Waals surface area (Å²) in [6.45, 7) is 10.3. The number of nitrogens with one attached hydrogen (secondary N) is 2. The van der Waals surface area contributed by atoms with Crippen molar-refractivity contribution in [2.24, 2.45) is 0 Å². The Balaban J connectivity index is 2.39. The van der Waals surface area contributed by atoms with Gasteiger partial charge in [0.25, 0.3) is 11.8 Å². The molecule has 2 aromatic carbocycles. The molecule has 180 valence electrons. The summed E-state index contributed by atoms with van der Waals surface area (Å²) >= 11 is 6.28. The molecule has 0 fully saturated rings. The van der Waals surface area contributed by atoms with E-state index in [1.165, 1.54) is 6.92 Å². The summed E-state index contributed by atoms with van der Waals surface area (Å²) in [7, 11) is 0. The SMILES string of the molecule is C#CN(C(=O)C(C)NC(=O)OC(C)(C)C)C(C(=O)Nc1c(C)cccc1Cl)c1ccc(C)cc1. The molecule has 7 nitrogen and oxygen atoms in total. The van der Waals surface area contributed by atoms with Gasteiger partial charge in [-0.05, 0) is 58.7 Å². The van der Waals surface area contributed by atoms with Crippen LogP contribution in [0.15, 0.2) is 42.5 Å². The van der Waals surface area contributed by atoms with E-state index in [1.807, 2.05) is 19.1 Å². The Hall–Kier alpha value is -3.50. The fourth-order valence-corrected chi connectivity index (χ4v) is 3.44. The highest BCUT2D eigenvalue weighted by molar-refractivity contribution is 6.34. The van der Waals surface area contributed by atoms with E-state index in [9.17, 15) is 14.4 Å². The molecule has 0 saturated carbocycles. The molecule has 0 aliphatic carbocycles. The Morgan fingerprint density at radius 2 is 1.71 bits per heavy atom. The summed E-state index contributed by atoms with van der Waals surface area (Å²) in [5, 5.41) is 5.63. The lowest BCUT2D eigenvalue weighted by Gasteiger charge is -2.29. The lowest BCUT2D eigenvalue weighted by Crippen LogP contribution is -2.49. The van der Waals surface area contributed by atoms with Crippen LogP contribution >= 0.6 is 11.6 Å². The van der Waals surface area contributed by atoms with Crippen LogP contribution in [0.3, 0.4) is 0 Å². The molecule has 34 heavy (non-hydrogen) atoms. The Bertz CT molecular complexity index is 1080. The van der Waals surface area contributed by atoms with Crippen molar-refractivity contribution >= 4 is 35.2 Å². The molecule has 0 radical (unpaired) electrons. The van der Waals surface area contributed by atoms with E-state index < -0.39 is 35.6 Å². The monoisotopic (exact) mass is 483 g/mol. The molecule has 0 heterocycles. The molecule has 0 spiro atoms. The van der Waals surface area contributed by atoms with Gasteiger partial charge in [0, 0.05) is 6.04 Å². The first-order chi connectivity index (χ1) is 15.8. The first kappa shape index (κ1) is 26.7. The number of hydrogen-bond donors (Lipinski definition) is 2. The second-order valence-electron chi connectivity index (χ2n) is 8.94. The third-order valence-electron chi connectivity index (χ3n) is 4.85. The van der Waals surface area contributed by atoms with Crippen molar-refractivity contribution in [2.45, 2.75) is 59.2 Å². The quantitative estimate of drug-likeness (QED) is 0.448. The molecule has 8 heteroatoms. The Kier molecular flexibility index (Phi) is 8.72. The second-order valence-corrected chi connectivity index (χ2v) is 9.35. The van der Waals surface area contributed by atoms with E-state index in [0.717, 1.165) is 16.0 Å². The van der Waals surface area contributed by atoms with E-state index in [0.29, 0.717) is 16.3 Å². The first-order valence-electron chi connectivity index (χ1n) is 10.8. The van der Waals surface area contributed by atoms with Crippen molar-refractivity contribution in [1.29, 1.82) is 0 Å². The minimum atomic E-state index is -1.17. The predicted molar refractivity (Wildman–Crippen MR) is 133 cm³/mol. The number of ether oxygens (including phenoxy) is 1.